The van der Waals surface area contributed by atoms with Crippen LogP contribution in [0.2, 0.25) is 0 Å². The molecule has 0 bridgehead atoms. The first-order valence-corrected chi connectivity index (χ1v) is 6.19. The van der Waals surface area contributed by atoms with Gasteiger partial charge in [-0.25, -0.2) is 0 Å². The molecule has 0 fully saturated rings. The van der Waals surface area contributed by atoms with E-state index in [1.807, 2.05) is 25.1 Å². The van der Waals surface area contributed by atoms with Gasteiger partial charge in [0, 0.05) is 24.3 Å². The maximum Gasteiger partial charge on any atom is 0.225 e. The van der Waals surface area contributed by atoms with Gasteiger partial charge in [-0.05, 0) is 24.6 Å². The van der Waals surface area contributed by atoms with Crippen LogP contribution in [-0.2, 0) is 4.79 Å². The highest BCUT2D eigenvalue weighted by atomic mass is 16.1. The van der Waals surface area contributed by atoms with E-state index in [0.717, 1.165) is 5.56 Å². The van der Waals surface area contributed by atoms with Crippen molar-refractivity contribution in [1.29, 1.82) is 10.5 Å². The first-order valence-electron chi connectivity index (χ1n) is 6.19. The average Bonchev–Trinajstić information content (AvgIpc) is 2.41. The molecule has 6 heteroatoms. The first-order chi connectivity index (χ1) is 9.56. The van der Waals surface area contributed by atoms with Gasteiger partial charge in [0.1, 0.15) is 0 Å². The molecule has 0 atom stereocenters. The topological polar surface area (TPSA) is 106 Å². The standard InChI is InChI=1S/C14H17N5O/c1-11-2-3-12(17)10-13(11)18-14(20)4-7-19(8-5-15)9-6-16/h2-3,10H,4,7-9,17H2,1H3,(H,18,20). The molecule has 0 spiro atoms. The molecule has 0 aromatic heterocycles. The predicted molar refractivity (Wildman–Crippen MR) is 76.5 cm³/mol. The van der Waals surface area contributed by atoms with Crippen LogP contribution in [0.4, 0.5) is 11.4 Å². The van der Waals surface area contributed by atoms with Crippen molar-refractivity contribution >= 4 is 17.3 Å². The number of nitrogens with one attached hydrogen (secondary N) is 1. The van der Waals surface area contributed by atoms with Crippen LogP contribution < -0.4 is 11.1 Å². The molecule has 1 aromatic rings. The van der Waals surface area contributed by atoms with Crippen molar-refractivity contribution < 1.29 is 4.79 Å². The van der Waals surface area contributed by atoms with E-state index >= 15 is 0 Å². The smallest absolute Gasteiger partial charge is 0.225 e. The van der Waals surface area contributed by atoms with E-state index in [1.54, 1.807) is 17.0 Å². The van der Waals surface area contributed by atoms with E-state index < -0.39 is 0 Å². The van der Waals surface area contributed by atoms with Gasteiger partial charge in [0.05, 0.1) is 25.2 Å². The zero-order chi connectivity index (χ0) is 15.0. The number of nitrogens with zero attached hydrogens (tertiary/aromatic N) is 3. The molecule has 0 radical (unpaired) electrons. The normalized spacial score (nSPS) is 9.80. The Hall–Kier alpha value is -2.57. The number of rotatable bonds is 6. The third-order valence-electron chi connectivity index (χ3n) is 2.78. The Bertz CT molecular complexity index is 540. The van der Waals surface area contributed by atoms with Gasteiger partial charge in [0.15, 0.2) is 0 Å². The summed E-state index contributed by atoms with van der Waals surface area (Å²) in [5.41, 5.74) is 7.87. The molecule has 0 unspecified atom stereocenters. The molecule has 0 saturated heterocycles. The highest BCUT2D eigenvalue weighted by Gasteiger charge is 2.09. The lowest BCUT2D eigenvalue weighted by atomic mass is 10.2. The molecule has 1 amide bonds. The van der Waals surface area contributed by atoms with Crippen molar-refractivity contribution in [2.24, 2.45) is 0 Å². The minimum absolute atomic E-state index is 0.137. The number of aryl methyl sites for hydroxylation is 1. The number of carbonyl (C=O) groups excluding carboxylic acids is 1. The van der Waals surface area contributed by atoms with Crippen LogP contribution in [0.5, 0.6) is 0 Å². The molecule has 0 aliphatic heterocycles. The lowest BCUT2D eigenvalue weighted by Crippen LogP contribution is -2.28. The Morgan fingerprint density at radius 3 is 2.60 bits per heavy atom. The lowest BCUT2D eigenvalue weighted by molar-refractivity contribution is -0.116. The second-order valence-electron chi connectivity index (χ2n) is 4.40. The van der Waals surface area contributed by atoms with E-state index in [4.69, 9.17) is 16.3 Å². The van der Waals surface area contributed by atoms with Crippen LogP contribution in [0.25, 0.3) is 0 Å². The van der Waals surface area contributed by atoms with Crippen LogP contribution >= 0.6 is 0 Å². The van der Waals surface area contributed by atoms with Crippen molar-refractivity contribution in [2.45, 2.75) is 13.3 Å². The summed E-state index contributed by atoms with van der Waals surface area (Å²) in [5.74, 6) is -0.167. The average molecular weight is 271 g/mol. The van der Waals surface area contributed by atoms with E-state index in [1.165, 1.54) is 0 Å². The zero-order valence-corrected chi connectivity index (χ0v) is 11.4. The number of carbonyl (C=O) groups is 1. The van der Waals surface area contributed by atoms with Gasteiger partial charge in [-0.2, -0.15) is 10.5 Å². The fourth-order valence-electron chi connectivity index (χ4n) is 1.66. The summed E-state index contributed by atoms with van der Waals surface area (Å²) in [4.78, 5) is 13.5. The molecule has 3 N–H and O–H groups in total. The van der Waals surface area contributed by atoms with Gasteiger partial charge in [-0.15, -0.1) is 0 Å². The van der Waals surface area contributed by atoms with Crippen molar-refractivity contribution in [3.05, 3.63) is 23.8 Å². The van der Waals surface area contributed by atoms with Crippen LogP contribution in [-0.4, -0.2) is 30.4 Å². The van der Waals surface area contributed by atoms with Gasteiger partial charge in [0.2, 0.25) is 5.91 Å². The van der Waals surface area contributed by atoms with E-state index in [2.05, 4.69) is 5.32 Å². The third kappa shape index (κ3) is 4.97. The quantitative estimate of drug-likeness (QED) is 0.598. The molecular formula is C14H17N5O. The second kappa shape index (κ2) is 7.78. The summed E-state index contributed by atoms with van der Waals surface area (Å²) in [6, 6.07) is 9.25. The Labute approximate surface area is 118 Å². The maximum absolute atomic E-state index is 11.8. The molecule has 20 heavy (non-hydrogen) atoms. The predicted octanol–water partition coefficient (Wildman–Crippen LogP) is 1.25. The summed E-state index contributed by atoms with van der Waals surface area (Å²) in [6.45, 7) is 2.53. The summed E-state index contributed by atoms with van der Waals surface area (Å²) in [7, 11) is 0. The Kier molecular flexibility index (Phi) is 6.02. The van der Waals surface area contributed by atoms with Crippen molar-refractivity contribution in [1.82, 2.24) is 4.90 Å². The van der Waals surface area contributed by atoms with Crippen molar-refractivity contribution in [3.8, 4) is 12.1 Å². The van der Waals surface area contributed by atoms with Crippen LogP contribution in [0, 0.1) is 29.6 Å². The van der Waals surface area contributed by atoms with Crippen LogP contribution in [0.3, 0.4) is 0 Å². The molecule has 0 saturated carbocycles. The van der Waals surface area contributed by atoms with Gasteiger partial charge >= 0.3 is 0 Å². The molecule has 0 aliphatic rings. The summed E-state index contributed by atoms with van der Waals surface area (Å²) >= 11 is 0. The Morgan fingerprint density at radius 2 is 2.00 bits per heavy atom. The van der Waals surface area contributed by atoms with E-state index in [-0.39, 0.29) is 25.4 Å². The summed E-state index contributed by atoms with van der Waals surface area (Å²) in [5, 5.41) is 20.0. The minimum Gasteiger partial charge on any atom is -0.399 e. The fraction of sp³-hybridized carbons (Fsp3) is 0.357. The fourth-order valence-corrected chi connectivity index (χ4v) is 1.66. The summed E-state index contributed by atoms with van der Waals surface area (Å²) in [6.07, 6.45) is 0.220. The number of nitrogens with two attached hydrogens (primary N) is 1. The Balaban J connectivity index is 2.53. The number of benzene rings is 1. The van der Waals surface area contributed by atoms with Gasteiger partial charge < -0.3 is 11.1 Å². The lowest BCUT2D eigenvalue weighted by Gasteiger charge is -2.15. The Morgan fingerprint density at radius 1 is 1.35 bits per heavy atom. The number of amides is 1. The highest BCUT2D eigenvalue weighted by molar-refractivity contribution is 5.92. The number of nitriles is 2. The van der Waals surface area contributed by atoms with E-state index in [0.29, 0.717) is 17.9 Å². The van der Waals surface area contributed by atoms with Crippen LogP contribution in [0.15, 0.2) is 18.2 Å². The second-order valence-corrected chi connectivity index (χ2v) is 4.40. The SMILES string of the molecule is Cc1ccc(N)cc1NC(=O)CCN(CC#N)CC#N. The zero-order valence-electron chi connectivity index (χ0n) is 11.4. The van der Waals surface area contributed by atoms with Gasteiger partial charge in [-0.1, -0.05) is 6.07 Å². The minimum atomic E-state index is -0.167. The van der Waals surface area contributed by atoms with Crippen molar-refractivity contribution in [2.75, 3.05) is 30.7 Å². The molecule has 1 rings (SSSR count). The molecule has 6 nitrogen and oxygen atoms in total. The maximum atomic E-state index is 11.8. The largest absolute Gasteiger partial charge is 0.399 e. The molecule has 0 aliphatic carbocycles. The number of hydrogen-bond acceptors (Lipinski definition) is 5. The highest BCUT2D eigenvalue weighted by Crippen LogP contribution is 2.18. The number of nitrogen functional groups attached to an aromatic ring is 1. The number of hydrogen-bond donors (Lipinski definition) is 2. The third-order valence-corrected chi connectivity index (χ3v) is 2.78. The van der Waals surface area contributed by atoms with Crippen LogP contribution in [0.1, 0.15) is 12.0 Å². The summed E-state index contributed by atoms with van der Waals surface area (Å²) < 4.78 is 0. The number of anilines is 2. The van der Waals surface area contributed by atoms with Gasteiger partial charge in [-0.3, -0.25) is 9.69 Å². The molecule has 0 heterocycles. The molecule has 1 aromatic carbocycles. The monoisotopic (exact) mass is 271 g/mol. The molecule has 104 valence electrons. The van der Waals surface area contributed by atoms with E-state index in [9.17, 15) is 4.79 Å². The molecular weight excluding hydrogens is 254 g/mol. The first kappa shape index (κ1) is 15.5. The van der Waals surface area contributed by atoms with Gasteiger partial charge in [0.25, 0.3) is 0 Å². The van der Waals surface area contributed by atoms with Crippen molar-refractivity contribution in [3.63, 3.8) is 0 Å².